The molecule has 0 unspecified atom stereocenters. The third kappa shape index (κ3) is 6.00. The van der Waals surface area contributed by atoms with Crippen molar-refractivity contribution in [1.29, 1.82) is 0 Å². The minimum Gasteiger partial charge on any atom is -0.496 e. The van der Waals surface area contributed by atoms with Crippen LogP contribution in [0.25, 0.3) is 0 Å². The maximum absolute atomic E-state index is 12.4. The van der Waals surface area contributed by atoms with E-state index in [1.165, 1.54) is 7.11 Å². The van der Waals surface area contributed by atoms with Crippen molar-refractivity contribution < 1.29 is 19.1 Å². The molecule has 1 fully saturated rings. The molecule has 0 radical (unpaired) electrons. The standard InChI is InChI=1S/C19H29N3O4/c1-14(2)18(23)21-15-5-6-16(17(13-15)25-3)19(24)20-7-4-8-22-9-11-26-12-10-22/h5-6,13-14H,4,7-12H2,1-3H3,(H,20,24)(H,21,23). The summed E-state index contributed by atoms with van der Waals surface area (Å²) < 4.78 is 10.6. The fraction of sp³-hybridized carbons (Fsp3) is 0.579. The molecule has 1 saturated heterocycles. The smallest absolute Gasteiger partial charge is 0.255 e. The van der Waals surface area contributed by atoms with Gasteiger partial charge in [0.1, 0.15) is 5.75 Å². The summed E-state index contributed by atoms with van der Waals surface area (Å²) in [6, 6.07) is 5.06. The summed E-state index contributed by atoms with van der Waals surface area (Å²) in [7, 11) is 1.51. The van der Waals surface area contributed by atoms with Gasteiger partial charge in [-0.3, -0.25) is 14.5 Å². The summed E-state index contributed by atoms with van der Waals surface area (Å²) >= 11 is 0. The van der Waals surface area contributed by atoms with Gasteiger partial charge in [0.05, 0.1) is 25.9 Å². The molecule has 26 heavy (non-hydrogen) atoms. The van der Waals surface area contributed by atoms with Gasteiger partial charge in [-0.2, -0.15) is 0 Å². The Hall–Kier alpha value is -2.12. The molecule has 0 atom stereocenters. The van der Waals surface area contributed by atoms with Crippen LogP contribution in [-0.2, 0) is 9.53 Å². The summed E-state index contributed by atoms with van der Waals surface area (Å²) in [6.07, 6.45) is 0.886. The van der Waals surface area contributed by atoms with E-state index >= 15 is 0 Å². The molecular formula is C19H29N3O4. The highest BCUT2D eigenvalue weighted by Crippen LogP contribution is 2.23. The third-order valence-electron chi connectivity index (χ3n) is 4.28. The second-order valence-corrected chi connectivity index (χ2v) is 6.62. The number of rotatable bonds is 8. The molecule has 0 aromatic heterocycles. The summed E-state index contributed by atoms with van der Waals surface area (Å²) in [5, 5.41) is 5.73. The molecule has 0 bridgehead atoms. The lowest BCUT2D eigenvalue weighted by Crippen LogP contribution is -2.38. The topological polar surface area (TPSA) is 79.9 Å². The number of hydrogen-bond acceptors (Lipinski definition) is 5. The lowest BCUT2D eigenvalue weighted by molar-refractivity contribution is -0.118. The SMILES string of the molecule is COc1cc(NC(=O)C(C)C)ccc1C(=O)NCCCN1CCOCC1. The summed E-state index contributed by atoms with van der Waals surface area (Å²) in [5.74, 6) is 0.0746. The molecule has 2 rings (SSSR count). The van der Waals surface area contributed by atoms with E-state index < -0.39 is 0 Å². The van der Waals surface area contributed by atoms with Gasteiger partial charge in [-0.25, -0.2) is 0 Å². The zero-order valence-electron chi connectivity index (χ0n) is 15.8. The van der Waals surface area contributed by atoms with Crippen molar-refractivity contribution in [3.8, 4) is 5.75 Å². The van der Waals surface area contributed by atoms with E-state index in [9.17, 15) is 9.59 Å². The fourth-order valence-electron chi connectivity index (χ4n) is 2.67. The molecule has 0 spiro atoms. The van der Waals surface area contributed by atoms with Crippen molar-refractivity contribution in [2.45, 2.75) is 20.3 Å². The zero-order chi connectivity index (χ0) is 18.9. The Morgan fingerprint density at radius 2 is 2.00 bits per heavy atom. The Bertz CT molecular complexity index is 613. The number of ether oxygens (including phenoxy) is 2. The van der Waals surface area contributed by atoms with Crippen LogP contribution < -0.4 is 15.4 Å². The minimum atomic E-state index is -0.175. The number of carbonyl (C=O) groups is 2. The normalized spacial score (nSPS) is 14.9. The van der Waals surface area contributed by atoms with Gasteiger partial charge in [-0.1, -0.05) is 13.8 Å². The first-order valence-corrected chi connectivity index (χ1v) is 9.08. The molecular weight excluding hydrogens is 334 g/mol. The monoisotopic (exact) mass is 363 g/mol. The zero-order valence-corrected chi connectivity index (χ0v) is 15.8. The van der Waals surface area contributed by atoms with Crippen molar-refractivity contribution in [3.63, 3.8) is 0 Å². The second kappa shape index (κ2) is 10.1. The van der Waals surface area contributed by atoms with Crippen LogP contribution in [0, 0.1) is 5.92 Å². The first-order valence-electron chi connectivity index (χ1n) is 9.08. The molecule has 1 aliphatic rings. The van der Waals surface area contributed by atoms with Crippen LogP contribution >= 0.6 is 0 Å². The van der Waals surface area contributed by atoms with Gasteiger partial charge in [-0.05, 0) is 25.1 Å². The number of hydrogen-bond donors (Lipinski definition) is 2. The molecule has 2 N–H and O–H groups in total. The van der Waals surface area contributed by atoms with E-state index in [1.54, 1.807) is 18.2 Å². The van der Waals surface area contributed by atoms with Crippen molar-refractivity contribution in [2.24, 2.45) is 5.92 Å². The van der Waals surface area contributed by atoms with E-state index in [0.717, 1.165) is 39.3 Å². The van der Waals surface area contributed by atoms with Crippen molar-refractivity contribution in [3.05, 3.63) is 23.8 Å². The molecule has 7 nitrogen and oxygen atoms in total. The van der Waals surface area contributed by atoms with Gasteiger partial charge in [-0.15, -0.1) is 0 Å². The molecule has 0 saturated carbocycles. The number of amides is 2. The second-order valence-electron chi connectivity index (χ2n) is 6.62. The molecule has 1 heterocycles. The number of nitrogens with one attached hydrogen (secondary N) is 2. The van der Waals surface area contributed by atoms with Crippen molar-refractivity contribution >= 4 is 17.5 Å². The quantitative estimate of drug-likeness (QED) is 0.688. The van der Waals surface area contributed by atoms with Gasteiger partial charge < -0.3 is 20.1 Å². The average molecular weight is 363 g/mol. The maximum Gasteiger partial charge on any atom is 0.255 e. The Labute approximate surface area is 155 Å². The predicted octanol–water partition coefficient (Wildman–Crippen LogP) is 1.74. The predicted molar refractivity (Wildman–Crippen MR) is 101 cm³/mol. The first-order chi connectivity index (χ1) is 12.5. The summed E-state index contributed by atoms with van der Waals surface area (Å²) in [5.41, 5.74) is 1.07. The lowest BCUT2D eigenvalue weighted by atomic mass is 10.1. The van der Waals surface area contributed by atoms with E-state index in [0.29, 0.717) is 23.5 Å². The highest BCUT2D eigenvalue weighted by Gasteiger charge is 2.15. The van der Waals surface area contributed by atoms with Crippen LogP contribution in [0.2, 0.25) is 0 Å². The van der Waals surface area contributed by atoms with Gasteiger partial charge in [0.2, 0.25) is 5.91 Å². The maximum atomic E-state index is 12.4. The number of methoxy groups -OCH3 is 1. The Morgan fingerprint density at radius 3 is 2.65 bits per heavy atom. The Balaban J connectivity index is 1.85. The first kappa shape index (κ1) is 20.2. The number of nitrogens with zero attached hydrogens (tertiary/aromatic N) is 1. The number of morpholine rings is 1. The summed E-state index contributed by atoms with van der Waals surface area (Å²) in [4.78, 5) is 26.5. The molecule has 7 heteroatoms. The van der Waals surface area contributed by atoms with Crippen LogP contribution in [0.5, 0.6) is 5.75 Å². The number of benzene rings is 1. The average Bonchev–Trinajstić information content (AvgIpc) is 2.65. The number of carbonyl (C=O) groups excluding carboxylic acids is 2. The molecule has 1 aromatic carbocycles. The molecule has 1 aliphatic heterocycles. The van der Waals surface area contributed by atoms with Gasteiger partial charge >= 0.3 is 0 Å². The van der Waals surface area contributed by atoms with E-state index in [1.807, 2.05) is 13.8 Å². The largest absolute Gasteiger partial charge is 0.496 e. The van der Waals surface area contributed by atoms with Gasteiger partial charge in [0, 0.05) is 37.3 Å². The van der Waals surface area contributed by atoms with Crippen LogP contribution in [0.15, 0.2) is 18.2 Å². The van der Waals surface area contributed by atoms with E-state index in [-0.39, 0.29) is 17.7 Å². The fourth-order valence-corrected chi connectivity index (χ4v) is 2.67. The molecule has 2 amide bonds. The Kier molecular flexibility index (Phi) is 7.87. The van der Waals surface area contributed by atoms with Crippen LogP contribution in [0.4, 0.5) is 5.69 Å². The Morgan fingerprint density at radius 1 is 1.27 bits per heavy atom. The van der Waals surface area contributed by atoms with Crippen molar-refractivity contribution in [2.75, 3.05) is 51.8 Å². The highest BCUT2D eigenvalue weighted by atomic mass is 16.5. The third-order valence-corrected chi connectivity index (χ3v) is 4.28. The van der Waals surface area contributed by atoms with Crippen LogP contribution in [0.3, 0.4) is 0 Å². The van der Waals surface area contributed by atoms with E-state index in [2.05, 4.69) is 15.5 Å². The summed E-state index contributed by atoms with van der Waals surface area (Å²) in [6.45, 7) is 8.66. The molecule has 0 aliphatic carbocycles. The van der Waals surface area contributed by atoms with E-state index in [4.69, 9.17) is 9.47 Å². The highest BCUT2D eigenvalue weighted by molar-refractivity contribution is 5.98. The number of anilines is 1. The minimum absolute atomic E-state index is 0.0765. The van der Waals surface area contributed by atoms with Crippen LogP contribution in [-0.4, -0.2) is 63.2 Å². The lowest BCUT2D eigenvalue weighted by Gasteiger charge is -2.26. The van der Waals surface area contributed by atoms with Crippen molar-refractivity contribution in [1.82, 2.24) is 10.2 Å². The molecule has 1 aromatic rings. The van der Waals surface area contributed by atoms with Gasteiger partial charge in [0.25, 0.3) is 5.91 Å². The van der Waals surface area contributed by atoms with Gasteiger partial charge in [0.15, 0.2) is 0 Å². The van der Waals surface area contributed by atoms with Crippen LogP contribution in [0.1, 0.15) is 30.6 Å². The molecule has 144 valence electrons.